The molecule has 150 valence electrons. The van der Waals surface area contributed by atoms with Crippen LogP contribution in [0.4, 0.5) is 0 Å². The van der Waals surface area contributed by atoms with Crippen LogP contribution in [-0.4, -0.2) is 26.0 Å². The van der Waals surface area contributed by atoms with Gasteiger partial charge in [-0.25, -0.2) is 0 Å². The van der Waals surface area contributed by atoms with Crippen molar-refractivity contribution in [2.45, 2.75) is 31.7 Å². The second-order valence-corrected chi connectivity index (χ2v) is 7.76. The smallest absolute Gasteiger partial charge is 0.0983 e. The Hall–Kier alpha value is -3.28. The van der Waals surface area contributed by atoms with Crippen molar-refractivity contribution >= 4 is 0 Å². The fourth-order valence-electron chi connectivity index (χ4n) is 4.23. The zero-order chi connectivity index (χ0) is 20.3. The van der Waals surface area contributed by atoms with E-state index in [4.69, 9.17) is 5.10 Å². The van der Waals surface area contributed by atoms with E-state index in [1.54, 1.807) is 6.20 Å². The van der Waals surface area contributed by atoms with Gasteiger partial charge in [-0.1, -0.05) is 54.6 Å². The minimum Gasteiger partial charge on any atom is -0.391 e. The molecule has 5 rings (SSSR count). The number of hydrogen-bond acceptors (Lipinski definition) is 4. The first-order valence-corrected chi connectivity index (χ1v) is 10.3. The first-order valence-electron chi connectivity index (χ1n) is 10.3. The molecule has 5 nitrogen and oxygen atoms in total. The van der Waals surface area contributed by atoms with E-state index in [-0.39, 0.29) is 6.04 Å². The molecule has 0 saturated carbocycles. The summed E-state index contributed by atoms with van der Waals surface area (Å²) < 4.78 is 1.98. The molecule has 0 fully saturated rings. The maximum Gasteiger partial charge on any atom is 0.0983 e. The number of nitrogens with one attached hydrogen (secondary N) is 1. The van der Waals surface area contributed by atoms with Gasteiger partial charge in [0.25, 0.3) is 0 Å². The fourth-order valence-corrected chi connectivity index (χ4v) is 4.23. The molecule has 2 aromatic heterocycles. The maximum absolute atomic E-state index is 10.6. The molecule has 0 aliphatic heterocycles. The van der Waals surface area contributed by atoms with E-state index in [0.29, 0.717) is 19.5 Å². The second-order valence-electron chi connectivity index (χ2n) is 7.76. The summed E-state index contributed by atoms with van der Waals surface area (Å²) in [6, 6.07) is 22.5. The van der Waals surface area contributed by atoms with E-state index in [0.717, 1.165) is 16.8 Å². The molecule has 0 spiro atoms. The lowest BCUT2D eigenvalue weighted by atomic mass is 10.1. The maximum atomic E-state index is 10.6. The molecule has 0 amide bonds. The van der Waals surface area contributed by atoms with Crippen molar-refractivity contribution in [2.75, 3.05) is 0 Å². The number of aliphatic hydroxyl groups is 1. The Kier molecular flexibility index (Phi) is 5.13. The first-order chi connectivity index (χ1) is 14.8. The molecule has 0 radical (unpaired) electrons. The van der Waals surface area contributed by atoms with Gasteiger partial charge in [-0.15, -0.1) is 0 Å². The molecule has 0 unspecified atom stereocenters. The van der Waals surface area contributed by atoms with Gasteiger partial charge in [0.15, 0.2) is 0 Å². The molecule has 1 aliphatic carbocycles. The van der Waals surface area contributed by atoms with Crippen LogP contribution in [0.25, 0.3) is 11.3 Å². The van der Waals surface area contributed by atoms with Crippen LogP contribution in [-0.2, 0) is 19.5 Å². The average Bonchev–Trinajstić information content (AvgIpc) is 3.33. The summed E-state index contributed by atoms with van der Waals surface area (Å²) in [5, 5.41) is 19.0. The summed E-state index contributed by atoms with van der Waals surface area (Å²) in [6.45, 7) is 1.33. The summed E-state index contributed by atoms with van der Waals surface area (Å²) in [5.74, 6) is 0. The van der Waals surface area contributed by atoms with E-state index in [9.17, 15) is 5.11 Å². The minimum atomic E-state index is -0.413. The van der Waals surface area contributed by atoms with Crippen LogP contribution in [0.1, 0.15) is 28.3 Å². The molecular weight excluding hydrogens is 372 g/mol. The van der Waals surface area contributed by atoms with Crippen LogP contribution >= 0.6 is 0 Å². The summed E-state index contributed by atoms with van der Waals surface area (Å²) in [6.07, 6.45) is 5.99. The van der Waals surface area contributed by atoms with Gasteiger partial charge < -0.3 is 10.4 Å². The summed E-state index contributed by atoms with van der Waals surface area (Å²) in [5.41, 5.74) is 6.62. The molecule has 5 heteroatoms. The largest absolute Gasteiger partial charge is 0.391 e. The fraction of sp³-hybridized carbons (Fsp3) is 0.200. The van der Waals surface area contributed by atoms with Gasteiger partial charge >= 0.3 is 0 Å². The zero-order valence-corrected chi connectivity index (χ0v) is 16.6. The van der Waals surface area contributed by atoms with Gasteiger partial charge in [0, 0.05) is 42.7 Å². The molecule has 2 atom stereocenters. The topological polar surface area (TPSA) is 63.0 Å². The molecule has 1 aliphatic rings. The molecule has 0 saturated heterocycles. The second kappa shape index (κ2) is 8.22. The van der Waals surface area contributed by atoms with Crippen LogP contribution in [0.15, 0.2) is 85.3 Å². The Morgan fingerprint density at radius 3 is 2.67 bits per heavy atom. The van der Waals surface area contributed by atoms with Gasteiger partial charge in [0.2, 0.25) is 0 Å². The van der Waals surface area contributed by atoms with E-state index in [1.165, 1.54) is 16.7 Å². The Labute approximate surface area is 176 Å². The highest BCUT2D eigenvalue weighted by Gasteiger charge is 2.30. The summed E-state index contributed by atoms with van der Waals surface area (Å²) in [7, 11) is 0. The number of nitrogens with zero attached hydrogens (tertiary/aromatic N) is 3. The third-order valence-corrected chi connectivity index (χ3v) is 5.68. The van der Waals surface area contributed by atoms with Crippen LogP contribution < -0.4 is 5.32 Å². The lowest BCUT2D eigenvalue weighted by Crippen LogP contribution is -2.28. The number of hydrogen-bond donors (Lipinski definition) is 2. The summed E-state index contributed by atoms with van der Waals surface area (Å²) >= 11 is 0. The highest BCUT2D eigenvalue weighted by atomic mass is 16.3. The predicted molar refractivity (Wildman–Crippen MR) is 117 cm³/mol. The number of pyridine rings is 1. The van der Waals surface area contributed by atoms with E-state index in [1.807, 2.05) is 53.3 Å². The number of benzene rings is 2. The normalized spacial score (nSPS) is 17.8. The van der Waals surface area contributed by atoms with Crippen LogP contribution in [0, 0.1) is 0 Å². The number of aliphatic hydroxyl groups excluding tert-OH is 1. The number of aromatic nitrogens is 3. The molecule has 30 heavy (non-hydrogen) atoms. The Morgan fingerprint density at radius 2 is 1.83 bits per heavy atom. The first kappa shape index (κ1) is 18.7. The van der Waals surface area contributed by atoms with Crippen molar-refractivity contribution in [1.29, 1.82) is 0 Å². The quantitative estimate of drug-likeness (QED) is 0.521. The van der Waals surface area contributed by atoms with Crippen LogP contribution in [0.2, 0.25) is 0 Å². The molecule has 4 aromatic rings. The third kappa shape index (κ3) is 3.77. The lowest BCUT2D eigenvalue weighted by Gasteiger charge is -2.18. The summed E-state index contributed by atoms with van der Waals surface area (Å²) in [4.78, 5) is 4.27. The molecule has 0 bridgehead atoms. The van der Waals surface area contributed by atoms with Crippen molar-refractivity contribution in [3.05, 3.63) is 108 Å². The van der Waals surface area contributed by atoms with E-state index < -0.39 is 6.10 Å². The van der Waals surface area contributed by atoms with Crippen molar-refractivity contribution in [3.63, 3.8) is 0 Å². The Bertz CT molecular complexity index is 1120. The Morgan fingerprint density at radius 1 is 1.00 bits per heavy atom. The predicted octanol–water partition coefficient (Wildman–Crippen LogP) is 3.74. The van der Waals surface area contributed by atoms with Crippen molar-refractivity contribution in [2.24, 2.45) is 0 Å². The monoisotopic (exact) mass is 396 g/mol. The van der Waals surface area contributed by atoms with Gasteiger partial charge in [-0.3, -0.25) is 9.67 Å². The van der Waals surface area contributed by atoms with Gasteiger partial charge in [0.05, 0.1) is 24.4 Å². The highest BCUT2D eigenvalue weighted by molar-refractivity contribution is 5.61. The minimum absolute atomic E-state index is 0.0691. The SMILES string of the molecule is O[C@H]1Cc2ccccc2[C@H]1NCc1cn(Cc2ccccc2)nc1-c1cccnc1. The van der Waals surface area contributed by atoms with E-state index in [2.05, 4.69) is 40.8 Å². The van der Waals surface area contributed by atoms with Crippen molar-refractivity contribution < 1.29 is 5.11 Å². The average molecular weight is 396 g/mol. The van der Waals surface area contributed by atoms with Crippen molar-refractivity contribution in [1.82, 2.24) is 20.1 Å². The van der Waals surface area contributed by atoms with Gasteiger partial charge in [-0.2, -0.15) is 5.10 Å². The Balaban J connectivity index is 1.42. The molecule has 2 aromatic carbocycles. The zero-order valence-electron chi connectivity index (χ0n) is 16.6. The van der Waals surface area contributed by atoms with Crippen LogP contribution in [0.5, 0.6) is 0 Å². The third-order valence-electron chi connectivity index (χ3n) is 5.68. The van der Waals surface area contributed by atoms with Gasteiger partial charge in [0.1, 0.15) is 0 Å². The standard InChI is InChI=1S/C25H24N4O/c30-23-13-19-9-4-5-11-22(19)25(23)27-15-21-17-29(16-18-7-2-1-3-8-18)28-24(21)20-10-6-12-26-14-20/h1-12,14,17,23,25,27,30H,13,15-16H2/t23-,25+/m0/s1. The molecule has 2 heterocycles. The van der Waals surface area contributed by atoms with Crippen LogP contribution in [0.3, 0.4) is 0 Å². The van der Waals surface area contributed by atoms with Crippen molar-refractivity contribution in [3.8, 4) is 11.3 Å². The lowest BCUT2D eigenvalue weighted by molar-refractivity contribution is 0.140. The number of fused-ring (bicyclic) bond motifs is 1. The molecular formula is C25H24N4O. The number of rotatable bonds is 6. The molecule has 2 N–H and O–H groups in total. The van der Waals surface area contributed by atoms with E-state index >= 15 is 0 Å². The van der Waals surface area contributed by atoms with Gasteiger partial charge in [-0.05, 0) is 28.8 Å². The highest BCUT2D eigenvalue weighted by Crippen LogP contribution is 2.32.